The van der Waals surface area contributed by atoms with Gasteiger partial charge in [0.15, 0.2) is 6.10 Å². The van der Waals surface area contributed by atoms with Crippen molar-refractivity contribution < 1.29 is 57.0 Å². The highest BCUT2D eigenvalue weighted by Gasteiger charge is 2.39. The lowest BCUT2D eigenvalue weighted by molar-refractivity contribution is -0.161. The quantitative estimate of drug-likeness (QED) is 0.0211. The molecule has 2 rings (SSSR count). The molecule has 0 spiro atoms. The average molecular weight is 910 g/mol. The van der Waals surface area contributed by atoms with Gasteiger partial charge < -0.3 is 34.7 Å². The zero-order valence-electron chi connectivity index (χ0n) is 39.2. The molecule has 1 aliphatic rings. The van der Waals surface area contributed by atoms with Gasteiger partial charge in [-0.25, -0.2) is 4.57 Å². The Hall–Kier alpha value is -2.64. The van der Waals surface area contributed by atoms with Crippen molar-refractivity contribution in [3.05, 3.63) is 47.0 Å². The van der Waals surface area contributed by atoms with E-state index in [0.717, 1.165) is 57.8 Å². The molecule has 1 fully saturated rings. The molecular formula is C49H84NO12P. The first kappa shape index (κ1) is 56.5. The van der Waals surface area contributed by atoms with Gasteiger partial charge in [0, 0.05) is 50.5 Å². The number of carbonyl (C=O) groups excluding carboxylic acids is 3. The third-order valence-corrected chi connectivity index (χ3v) is 12.9. The summed E-state index contributed by atoms with van der Waals surface area (Å²) in [5.74, 6) is 0.559. The molecule has 1 heterocycles. The summed E-state index contributed by atoms with van der Waals surface area (Å²) < 4.78 is 39.1. The Kier molecular flexibility index (Phi) is 30.3. The molecule has 0 amide bonds. The van der Waals surface area contributed by atoms with Crippen LogP contribution in [-0.2, 0) is 50.3 Å². The van der Waals surface area contributed by atoms with Gasteiger partial charge in [0.25, 0.3) is 0 Å². The van der Waals surface area contributed by atoms with E-state index in [9.17, 15) is 34.1 Å². The van der Waals surface area contributed by atoms with Crippen molar-refractivity contribution >= 4 is 25.5 Å². The van der Waals surface area contributed by atoms with Crippen molar-refractivity contribution in [1.29, 1.82) is 0 Å². The number of esters is 2. The zero-order valence-corrected chi connectivity index (χ0v) is 40.1. The maximum Gasteiger partial charge on any atom is 0.472 e. The Labute approximate surface area is 378 Å². The Balaban J connectivity index is 1.65. The molecule has 0 saturated heterocycles. The summed E-state index contributed by atoms with van der Waals surface area (Å²) in [5, 5.41) is 20.7. The number of Topliss-reactive ketones (excluding diaryl/α,β-unsaturated/α-hetero) is 1. The third kappa shape index (κ3) is 25.0. The van der Waals surface area contributed by atoms with Gasteiger partial charge in [-0.05, 0) is 69.9 Å². The molecule has 0 radical (unpaired) electrons. The van der Waals surface area contributed by atoms with Crippen LogP contribution in [0.5, 0.6) is 0 Å². The number of allylic oxidation sites excluding steroid dienone is 2. The summed E-state index contributed by atoms with van der Waals surface area (Å²) in [6, 6.07) is 0. The summed E-state index contributed by atoms with van der Waals surface area (Å²) in [4.78, 5) is 47.8. The van der Waals surface area contributed by atoms with Crippen LogP contribution >= 0.6 is 7.82 Å². The number of furan rings is 1. The van der Waals surface area contributed by atoms with E-state index < -0.39 is 44.7 Å². The van der Waals surface area contributed by atoms with Crippen LogP contribution in [0, 0.1) is 25.7 Å². The van der Waals surface area contributed by atoms with Crippen molar-refractivity contribution in [2.24, 2.45) is 17.6 Å². The number of aryl methyl sites for hydroxylation is 2. The number of phosphoric ester groups is 1. The highest BCUT2D eigenvalue weighted by molar-refractivity contribution is 7.47. The molecule has 1 aromatic rings. The minimum Gasteiger partial charge on any atom is -0.466 e. The number of carbonyl (C=O) groups is 3. The minimum atomic E-state index is -4.47. The Bertz CT molecular complexity index is 1530. The predicted molar refractivity (Wildman–Crippen MR) is 247 cm³/mol. The highest BCUT2D eigenvalue weighted by atomic mass is 31.2. The summed E-state index contributed by atoms with van der Waals surface area (Å²) in [7, 11) is -4.47. The second kappa shape index (κ2) is 33.8. The molecule has 1 unspecified atom stereocenters. The SMILES string of the molecule is CCCCCc1oc(CCCCCCCCCCCCC(=O)OC[C@H](COP(=O)(O)OCCN)OC(=O)CCC/C=C\C[C@H]2C(=O)C[C@@H](O)[C@@H]2/C=C/[C@@H](O)CCCCC)c(C)c1C. The number of ketones is 1. The first-order valence-corrected chi connectivity index (χ1v) is 25.8. The molecule has 1 aliphatic carbocycles. The molecule has 0 bridgehead atoms. The van der Waals surface area contributed by atoms with E-state index in [0.29, 0.717) is 32.1 Å². The van der Waals surface area contributed by atoms with Crippen LogP contribution in [0.4, 0.5) is 0 Å². The first-order chi connectivity index (χ1) is 30.3. The van der Waals surface area contributed by atoms with E-state index in [1.165, 1.54) is 74.0 Å². The Morgan fingerprint density at radius 2 is 1.40 bits per heavy atom. The number of phosphoric acid groups is 1. The second-order valence-electron chi connectivity index (χ2n) is 17.3. The number of nitrogens with two attached hydrogens (primary N) is 1. The number of ether oxygens (including phenoxy) is 2. The average Bonchev–Trinajstić information content (AvgIpc) is 3.68. The van der Waals surface area contributed by atoms with Crippen LogP contribution in [0.15, 0.2) is 28.7 Å². The van der Waals surface area contributed by atoms with E-state index in [1.54, 1.807) is 12.2 Å². The van der Waals surface area contributed by atoms with Crippen LogP contribution in [0.2, 0.25) is 0 Å². The van der Waals surface area contributed by atoms with E-state index in [2.05, 4.69) is 27.7 Å². The smallest absolute Gasteiger partial charge is 0.466 e. The monoisotopic (exact) mass is 910 g/mol. The maximum absolute atomic E-state index is 12.7. The fourth-order valence-corrected chi connectivity index (χ4v) is 8.68. The van der Waals surface area contributed by atoms with Crippen molar-refractivity contribution in [1.82, 2.24) is 0 Å². The van der Waals surface area contributed by atoms with Gasteiger partial charge in [-0.15, -0.1) is 0 Å². The van der Waals surface area contributed by atoms with Crippen LogP contribution in [-0.4, -0.2) is 77.5 Å². The van der Waals surface area contributed by atoms with E-state index >= 15 is 0 Å². The number of hydrogen-bond acceptors (Lipinski definition) is 12. The Morgan fingerprint density at radius 1 is 0.810 bits per heavy atom. The molecule has 1 aromatic heterocycles. The topological polar surface area (TPSA) is 205 Å². The zero-order chi connectivity index (χ0) is 46.3. The second-order valence-corrected chi connectivity index (χ2v) is 18.8. The van der Waals surface area contributed by atoms with E-state index in [1.807, 2.05) is 12.2 Å². The lowest BCUT2D eigenvalue weighted by Gasteiger charge is -2.19. The standard InChI is InChI=1S/C49H84NO12P/c1-5-7-19-25-40(51)31-32-43-42(44(52)35-45(43)53)26-21-17-18-24-30-49(55)61-41(37-60-63(56,57)59-34-33-50)36-58-48(54)29-23-16-14-12-10-9-11-13-15-22-28-47-39(4)38(3)46(62-47)27-20-8-6-2/h17,21,31-32,40-43,45,51,53H,5-16,18-20,22-30,33-37,50H2,1-4H3,(H,56,57)/b21-17-,32-31+/t40-,41+,42+,43+,45+/m0/s1. The third-order valence-electron chi connectivity index (χ3n) is 11.9. The molecule has 5 N–H and O–H groups in total. The minimum absolute atomic E-state index is 0.00546. The van der Waals surface area contributed by atoms with Crippen LogP contribution < -0.4 is 5.73 Å². The van der Waals surface area contributed by atoms with Crippen LogP contribution in [0.25, 0.3) is 0 Å². The van der Waals surface area contributed by atoms with Gasteiger partial charge in [0.1, 0.15) is 23.9 Å². The first-order valence-electron chi connectivity index (χ1n) is 24.3. The number of aliphatic hydroxyl groups is 2. The van der Waals surface area contributed by atoms with Crippen molar-refractivity contribution in [3.8, 4) is 0 Å². The van der Waals surface area contributed by atoms with Gasteiger partial charge in [-0.3, -0.25) is 23.4 Å². The molecule has 14 heteroatoms. The lowest BCUT2D eigenvalue weighted by atomic mass is 9.90. The van der Waals surface area contributed by atoms with Crippen LogP contribution in [0.1, 0.15) is 184 Å². The molecule has 1 saturated carbocycles. The molecular weight excluding hydrogens is 826 g/mol. The molecule has 0 aliphatic heterocycles. The molecule has 0 aromatic carbocycles. The van der Waals surface area contributed by atoms with Crippen molar-refractivity contribution in [2.75, 3.05) is 26.4 Å². The van der Waals surface area contributed by atoms with Crippen molar-refractivity contribution in [2.45, 2.75) is 207 Å². The van der Waals surface area contributed by atoms with Crippen molar-refractivity contribution in [3.63, 3.8) is 0 Å². The maximum atomic E-state index is 12.7. The molecule has 63 heavy (non-hydrogen) atoms. The summed E-state index contributed by atoms with van der Waals surface area (Å²) in [6.45, 7) is 7.65. The summed E-state index contributed by atoms with van der Waals surface area (Å²) >= 11 is 0. The van der Waals surface area contributed by atoms with E-state index in [-0.39, 0.29) is 56.6 Å². The van der Waals surface area contributed by atoms with Gasteiger partial charge >= 0.3 is 19.8 Å². The Morgan fingerprint density at radius 3 is 2.03 bits per heavy atom. The van der Waals surface area contributed by atoms with Crippen LogP contribution in [0.3, 0.4) is 0 Å². The number of hydrogen-bond donors (Lipinski definition) is 4. The fourth-order valence-electron chi connectivity index (χ4n) is 7.91. The fraction of sp³-hybridized carbons (Fsp3) is 0.776. The molecule has 6 atom stereocenters. The highest BCUT2D eigenvalue weighted by Crippen LogP contribution is 2.43. The number of rotatable bonds is 38. The molecule has 362 valence electrons. The summed E-state index contributed by atoms with van der Waals surface area (Å²) in [5.41, 5.74) is 8.02. The van der Waals surface area contributed by atoms with Gasteiger partial charge in [0.2, 0.25) is 0 Å². The molecule has 13 nitrogen and oxygen atoms in total. The van der Waals surface area contributed by atoms with Gasteiger partial charge in [0.05, 0.1) is 25.4 Å². The normalized spacial score (nSPS) is 18.7. The van der Waals surface area contributed by atoms with Gasteiger partial charge in [-0.2, -0.15) is 0 Å². The lowest BCUT2D eigenvalue weighted by Crippen LogP contribution is -2.29. The summed E-state index contributed by atoms with van der Waals surface area (Å²) in [6.07, 6.45) is 26.8. The number of unbranched alkanes of at least 4 members (excludes halogenated alkanes) is 14. The predicted octanol–water partition coefficient (Wildman–Crippen LogP) is 10.2. The largest absolute Gasteiger partial charge is 0.472 e. The number of aliphatic hydroxyl groups excluding tert-OH is 2. The van der Waals surface area contributed by atoms with E-state index in [4.69, 9.17) is 28.7 Å². The van der Waals surface area contributed by atoms with Gasteiger partial charge in [-0.1, -0.05) is 122 Å².